The molecule has 2 fully saturated rings. The fourth-order valence-electron chi connectivity index (χ4n) is 10.3. The van der Waals surface area contributed by atoms with E-state index in [1.807, 2.05) is 25.6 Å². The van der Waals surface area contributed by atoms with Crippen molar-refractivity contribution in [1.29, 1.82) is 5.41 Å². The molecule has 0 spiro atoms. The summed E-state index contributed by atoms with van der Waals surface area (Å²) < 4.78 is 18.2. The summed E-state index contributed by atoms with van der Waals surface area (Å²) in [4.78, 5) is 134. The van der Waals surface area contributed by atoms with Gasteiger partial charge >= 0.3 is 6.03 Å². The number of guanidine groups is 1. The van der Waals surface area contributed by atoms with Crippen LogP contribution in [0.15, 0.2) is 42.7 Å². The number of thioether (sulfide) groups is 1. The minimum absolute atomic E-state index is 0.0345. The number of fused-ring (bicyclic) bond motifs is 3. The highest BCUT2D eigenvalue weighted by atomic mass is 32.2. The van der Waals surface area contributed by atoms with Crippen LogP contribution < -0.4 is 75.7 Å². The van der Waals surface area contributed by atoms with Crippen molar-refractivity contribution < 1.29 is 72.4 Å². The zero-order valence-corrected chi connectivity index (χ0v) is 52.9. The van der Waals surface area contributed by atoms with E-state index in [0.29, 0.717) is 36.6 Å². The number of unbranched alkanes of at least 4 members (excludes halogenated alkanes) is 1. The molecule has 2 aromatic rings. The van der Waals surface area contributed by atoms with Gasteiger partial charge in [-0.3, -0.25) is 53.2 Å². The lowest BCUT2D eigenvalue weighted by Gasteiger charge is -2.29. The molecule has 4 heterocycles. The Kier molecular flexibility index (Phi) is 31.7. The number of aryl methyl sites for hydroxylation is 1. The number of hydrogen-bond acceptors (Lipinski definition) is 20. The van der Waals surface area contributed by atoms with Gasteiger partial charge in [-0.15, -0.1) is 5.10 Å². The molecule has 0 radical (unpaired) electrons. The molecule has 10 atom stereocenters. The van der Waals surface area contributed by atoms with Gasteiger partial charge < -0.3 is 100 Å². The molecule has 0 saturated carbocycles. The molecule has 3 aliphatic heterocycles. The molecule has 34 heteroatoms. The molecular formula is C58H92N18O15S. The summed E-state index contributed by atoms with van der Waals surface area (Å²) in [6.07, 6.45) is 4.36. The van der Waals surface area contributed by atoms with Gasteiger partial charge in [0.25, 0.3) is 0 Å². The van der Waals surface area contributed by atoms with Crippen molar-refractivity contribution in [2.45, 2.75) is 163 Å². The Hall–Kier alpha value is -8.34. The molecule has 33 nitrogen and oxygen atoms in total. The SMILES string of the molecule is C=C1N[C@@H](CC(C)C)C(=O)N[C@H](C(N)=O)CCCCn2cc(nn2)C[C@H](NC(=O)COCCOCCOCCNC(=O)CCCC[C@@H]2SC[C@@H]3NC(=O)N[C@@H]32)C(=O)N[C@@H](CCCNC(=N)N)C(=O)N[C@@H](CO)C(=O)N[C@@H](Cc2ccc(O)cc2)C(=O)N[C@H]1CC(N)=O. The number of nitrogens with zero attached hydrogens (tertiary/aromatic N) is 3. The summed E-state index contributed by atoms with van der Waals surface area (Å²) in [6, 6.07) is -3.93. The third-order valence-corrected chi connectivity index (χ3v) is 16.5. The highest BCUT2D eigenvalue weighted by Crippen LogP contribution is 2.33. The number of rotatable bonds is 29. The molecular weight excluding hydrogens is 1220 g/mol. The first-order valence-corrected chi connectivity index (χ1v) is 31.9. The zero-order valence-electron chi connectivity index (χ0n) is 52.1. The topological polar surface area (TPSA) is 504 Å². The Morgan fingerprint density at radius 1 is 0.750 bits per heavy atom. The van der Waals surface area contributed by atoms with Gasteiger partial charge in [0, 0.05) is 61.8 Å². The van der Waals surface area contributed by atoms with E-state index in [-0.39, 0.29) is 138 Å². The number of ether oxygens (including phenoxy) is 3. The first-order valence-electron chi connectivity index (χ1n) is 30.9. The first kappa shape index (κ1) is 74.4. The summed E-state index contributed by atoms with van der Waals surface area (Å²) >= 11 is 1.84. The van der Waals surface area contributed by atoms with Gasteiger partial charge in [0.2, 0.25) is 53.2 Å². The Morgan fingerprint density at radius 2 is 1.41 bits per heavy atom. The third kappa shape index (κ3) is 26.9. The van der Waals surface area contributed by atoms with E-state index in [2.05, 4.69) is 75.4 Å². The number of aromatic hydroxyl groups is 1. The Bertz CT molecular complexity index is 2810. The quantitative estimate of drug-likeness (QED) is 0.0159. The van der Waals surface area contributed by atoms with E-state index in [1.165, 1.54) is 35.1 Å². The molecule has 3 aliphatic rings. The van der Waals surface area contributed by atoms with E-state index >= 15 is 0 Å². The lowest BCUT2D eigenvalue weighted by molar-refractivity contribution is -0.135. The number of benzene rings is 1. The molecule has 1 aromatic heterocycles. The second kappa shape index (κ2) is 39.1. The number of carbonyl (C=O) groups excluding carboxylic acids is 10. The Labute approximate surface area is 537 Å². The molecule has 11 amide bonds. The number of phenols is 1. The van der Waals surface area contributed by atoms with E-state index in [4.69, 9.17) is 36.8 Å². The highest BCUT2D eigenvalue weighted by molar-refractivity contribution is 8.00. The van der Waals surface area contributed by atoms with E-state index in [9.17, 15) is 58.2 Å². The van der Waals surface area contributed by atoms with Crippen LogP contribution in [-0.2, 0) is 76.7 Å². The van der Waals surface area contributed by atoms with Crippen molar-refractivity contribution in [2.75, 3.05) is 65.1 Å². The van der Waals surface area contributed by atoms with E-state index < -0.39 is 109 Å². The number of primary amides is 2. The number of nitrogens with two attached hydrogens (primary N) is 3. The van der Waals surface area contributed by atoms with Crippen LogP contribution in [-0.4, -0.2) is 215 Å². The summed E-state index contributed by atoms with van der Waals surface area (Å²) in [5.74, 6) is -6.76. The maximum atomic E-state index is 14.4. The van der Waals surface area contributed by atoms with Gasteiger partial charge in [0.1, 0.15) is 48.6 Å². The van der Waals surface area contributed by atoms with Gasteiger partial charge in [-0.05, 0) is 75.0 Å². The molecule has 92 heavy (non-hydrogen) atoms. The largest absolute Gasteiger partial charge is 0.508 e. The van der Waals surface area contributed by atoms with Crippen LogP contribution in [0.3, 0.4) is 0 Å². The number of carbonyl (C=O) groups is 10. The zero-order chi connectivity index (χ0) is 67.1. The molecule has 0 unspecified atom stereocenters. The predicted octanol–water partition coefficient (Wildman–Crippen LogP) is -4.11. The van der Waals surface area contributed by atoms with Crippen molar-refractivity contribution in [1.82, 2.24) is 73.5 Å². The molecule has 1 aromatic carbocycles. The second-order valence-corrected chi connectivity index (χ2v) is 24.3. The normalized spacial score (nSPS) is 23.8. The lowest BCUT2D eigenvalue weighted by Crippen LogP contribution is -2.60. The summed E-state index contributed by atoms with van der Waals surface area (Å²) in [5.41, 5.74) is 17.5. The van der Waals surface area contributed by atoms with Crippen molar-refractivity contribution in [2.24, 2.45) is 23.1 Å². The average Bonchev–Trinajstić information content (AvgIpc) is 1.69. The molecule has 2 saturated heterocycles. The van der Waals surface area contributed by atoms with Gasteiger partial charge in [0.15, 0.2) is 5.96 Å². The summed E-state index contributed by atoms with van der Waals surface area (Å²) in [7, 11) is 0. The molecule has 2 bridgehead atoms. The monoisotopic (exact) mass is 1310 g/mol. The second-order valence-electron chi connectivity index (χ2n) is 23.1. The fraction of sp³-hybridized carbons (Fsp3) is 0.638. The number of hydrogen-bond donors (Lipinski definition) is 17. The Morgan fingerprint density at radius 3 is 2.11 bits per heavy atom. The number of phenolic OH excluding ortho intramolecular Hbond substituents is 1. The van der Waals surface area contributed by atoms with Crippen LogP contribution in [0.1, 0.15) is 95.7 Å². The Balaban J connectivity index is 1.26. The smallest absolute Gasteiger partial charge is 0.315 e. The van der Waals surface area contributed by atoms with Crippen molar-refractivity contribution >= 4 is 76.9 Å². The fourth-order valence-corrected chi connectivity index (χ4v) is 11.8. The number of aliphatic hydroxyl groups is 1. The van der Waals surface area contributed by atoms with Gasteiger partial charge in [0.05, 0.1) is 69.9 Å². The molecule has 20 N–H and O–H groups in total. The minimum atomic E-state index is -1.77. The van der Waals surface area contributed by atoms with Crippen LogP contribution in [0.5, 0.6) is 5.75 Å². The van der Waals surface area contributed by atoms with Crippen LogP contribution in [0, 0.1) is 11.3 Å². The molecule has 5 rings (SSSR count). The van der Waals surface area contributed by atoms with Crippen molar-refractivity contribution in [3.63, 3.8) is 0 Å². The number of nitrogens with one attached hydrogen (secondary N) is 12. The predicted molar refractivity (Wildman–Crippen MR) is 335 cm³/mol. The number of aliphatic hydroxyl groups excluding tert-OH is 1. The average molecular weight is 1310 g/mol. The van der Waals surface area contributed by atoms with Crippen molar-refractivity contribution in [3.05, 3.63) is 54.0 Å². The maximum absolute atomic E-state index is 14.4. The van der Waals surface area contributed by atoms with Gasteiger partial charge in [-0.1, -0.05) is 44.2 Å². The van der Waals surface area contributed by atoms with Crippen LogP contribution in [0.4, 0.5) is 4.79 Å². The van der Waals surface area contributed by atoms with Crippen molar-refractivity contribution in [3.8, 4) is 5.75 Å². The third-order valence-electron chi connectivity index (χ3n) is 15.0. The van der Waals surface area contributed by atoms with E-state index in [0.717, 1.165) is 25.0 Å². The minimum Gasteiger partial charge on any atom is -0.508 e. The van der Waals surface area contributed by atoms with E-state index in [1.54, 1.807) is 0 Å². The van der Waals surface area contributed by atoms with Gasteiger partial charge in [-0.25, -0.2) is 4.79 Å². The standard InChI is InChI=1S/C58H92N18O15S/c1-33(2)25-41-53(84)67-38(51(60)82)9-6-7-19-76-29-36(74-75-76)27-43(66-49(81)31-91-24-23-90-22-21-89-20-18-63-48(80)12-5-4-11-46-50-45(32-92-46)72-58(88)73-50)55(86)68-39(10-8-17-64-57(61)62)52(83)71-44(30-77)56(87)70-42(26-35-13-15-37(78)16-14-35)54(85)69-40(28-47(59)79)34(3)65-41/h13-16,29,33,38-46,50,65,77-78H,3-12,17-28,30-32H2,1-2H3,(H2,59,79)(H2,60,82)(H,63,80)(H,66,81)(H,67,84)(H,68,86)(H,69,85)(H,70,87)(H,71,83)(H4,61,62,64)(H2,72,73,88)/t38-,39-,40-,41-,42-,43-,44-,45-,46-,50-/m0/s1. The lowest BCUT2D eigenvalue weighted by atomic mass is 10.00. The maximum Gasteiger partial charge on any atom is 0.315 e. The van der Waals surface area contributed by atoms with Crippen LogP contribution in [0.2, 0.25) is 0 Å². The van der Waals surface area contributed by atoms with Crippen LogP contribution >= 0.6 is 11.8 Å². The van der Waals surface area contributed by atoms with Gasteiger partial charge in [-0.2, -0.15) is 11.8 Å². The number of amides is 11. The first-order chi connectivity index (χ1) is 44.0. The molecule has 510 valence electrons. The van der Waals surface area contributed by atoms with Crippen LogP contribution in [0.25, 0.3) is 0 Å². The highest BCUT2D eigenvalue weighted by Gasteiger charge is 2.43. The number of urea groups is 1. The summed E-state index contributed by atoms with van der Waals surface area (Å²) in [5, 5.41) is 66.9. The summed E-state index contributed by atoms with van der Waals surface area (Å²) in [6.45, 7) is 7.46. The number of aromatic nitrogens is 3. The molecule has 0 aliphatic carbocycles.